The number of unbranched alkanes of at least 4 members (excludes halogenated alkanes) is 1. The lowest BCUT2D eigenvalue weighted by molar-refractivity contribution is 0.0948. The van der Waals surface area contributed by atoms with Gasteiger partial charge >= 0.3 is 0 Å². The number of hydrogen-bond acceptors (Lipinski definition) is 4. The highest BCUT2D eigenvalue weighted by Gasteiger charge is 2.11. The van der Waals surface area contributed by atoms with Crippen molar-refractivity contribution in [3.8, 4) is 0 Å². The molecular weight excluding hydrogens is 270 g/mol. The average Bonchev–Trinajstić information content (AvgIpc) is 2.51. The van der Waals surface area contributed by atoms with Crippen LogP contribution in [-0.4, -0.2) is 43.6 Å². The third kappa shape index (κ3) is 6.35. The lowest BCUT2D eigenvalue weighted by Crippen LogP contribution is -2.27. The van der Waals surface area contributed by atoms with Gasteiger partial charge in [-0.05, 0) is 25.0 Å². The predicted octanol–water partition coefficient (Wildman–Crippen LogP) is 1.38. The Kier molecular flexibility index (Phi) is 8.04. The summed E-state index contributed by atoms with van der Waals surface area (Å²) in [5.41, 5.74) is 0.693. The molecule has 2 N–H and O–H groups in total. The van der Waals surface area contributed by atoms with Crippen molar-refractivity contribution in [3.63, 3.8) is 0 Å². The fourth-order valence-corrected chi connectivity index (χ4v) is 1.69. The van der Waals surface area contributed by atoms with Crippen molar-refractivity contribution in [2.75, 3.05) is 26.8 Å². The van der Waals surface area contributed by atoms with Gasteiger partial charge < -0.3 is 15.4 Å². The molecule has 0 radical (unpaired) electrons. The van der Waals surface area contributed by atoms with Gasteiger partial charge in [0.1, 0.15) is 5.69 Å². The number of nitrogens with zero attached hydrogens (tertiary/aromatic N) is 1. The highest BCUT2D eigenvalue weighted by molar-refractivity contribution is 5.98. The Bertz CT molecular complexity index is 463. The van der Waals surface area contributed by atoms with Gasteiger partial charge in [-0.25, -0.2) is 0 Å². The van der Waals surface area contributed by atoms with Gasteiger partial charge in [-0.15, -0.1) is 0 Å². The summed E-state index contributed by atoms with van der Waals surface area (Å²) in [6, 6.07) is 3.10. The predicted molar refractivity (Wildman–Crippen MR) is 80.3 cm³/mol. The minimum atomic E-state index is -0.252. The molecule has 0 fully saturated rings. The zero-order valence-corrected chi connectivity index (χ0v) is 12.6. The quantitative estimate of drug-likeness (QED) is 0.674. The Hall–Kier alpha value is -1.95. The molecule has 0 spiro atoms. The SMILES string of the molecule is CCCCNC(=O)c1cc(C(=O)NCCCOC)ccn1. The second kappa shape index (κ2) is 9.88. The number of ether oxygens (including phenoxy) is 1. The van der Waals surface area contributed by atoms with E-state index in [0.29, 0.717) is 25.3 Å². The molecule has 0 aliphatic carbocycles. The molecule has 6 heteroatoms. The Balaban J connectivity index is 2.54. The molecule has 0 bridgehead atoms. The van der Waals surface area contributed by atoms with E-state index in [0.717, 1.165) is 19.3 Å². The maximum Gasteiger partial charge on any atom is 0.269 e. The Morgan fingerprint density at radius 2 is 1.90 bits per heavy atom. The molecule has 1 aromatic rings. The number of nitrogens with one attached hydrogen (secondary N) is 2. The van der Waals surface area contributed by atoms with Gasteiger partial charge in [0, 0.05) is 38.6 Å². The minimum Gasteiger partial charge on any atom is -0.385 e. The fraction of sp³-hybridized carbons (Fsp3) is 0.533. The molecule has 0 aromatic carbocycles. The maximum absolute atomic E-state index is 11.9. The maximum atomic E-state index is 11.9. The summed E-state index contributed by atoms with van der Waals surface area (Å²) in [5.74, 6) is -0.464. The Morgan fingerprint density at radius 3 is 2.62 bits per heavy atom. The zero-order chi connectivity index (χ0) is 15.5. The van der Waals surface area contributed by atoms with Crippen LogP contribution in [0.2, 0.25) is 0 Å². The van der Waals surface area contributed by atoms with Crippen LogP contribution in [-0.2, 0) is 4.74 Å². The second-order valence-electron chi connectivity index (χ2n) is 4.64. The van der Waals surface area contributed by atoms with Gasteiger partial charge in [0.25, 0.3) is 11.8 Å². The van der Waals surface area contributed by atoms with E-state index < -0.39 is 0 Å². The first-order valence-electron chi connectivity index (χ1n) is 7.20. The summed E-state index contributed by atoms with van der Waals surface area (Å²) in [7, 11) is 1.62. The van der Waals surface area contributed by atoms with Crippen LogP contribution in [0.15, 0.2) is 18.3 Å². The summed E-state index contributed by atoms with van der Waals surface area (Å²) in [4.78, 5) is 27.8. The number of carbonyl (C=O) groups excluding carboxylic acids is 2. The van der Waals surface area contributed by atoms with E-state index in [1.165, 1.54) is 12.3 Å². The lowest BCUT2D eigenvalue weighted by atomic mass is 10.2. The van der Waals surface area contributed by atoms with Crippen LogP contribution in [0.25, 0.3) is 0 Å². The molecule has 0 aliphatic rings. The monoisotopic (exact) mass is 293 g/mol. The van der Waals surface area contributed by atoms with E-state index >= 15 is 0 Å². The van der Waals surface area contributed by atoms with E-state index in [-0.39, 0.29) is 17.5 Å². The molecule has 2 amide bonds. The number of hydrogen-bond donors (Lipinski definition) is 2. The van der Waals surface area contributed by atoms with Crippen LogP contribution in [0.4, 0.5) is 0 Å². The first-order chi connectivity index (χ1) is 10.2. The van der Waals surface area contributed by atoms with Gasteiger partial charge in [-0.1, -0.05) is 13.3 Å². The van der Waals surface area contributed by atoms with Gasteiger partial charge in [-0.2, -0.15) is 0 Å². The first-order valence-corrected chi connectivity index (χ1v) is 7.20. The van der Waals surface area contributed by atoms with Crippen molar-refractivity contribution in [1.29, 1.82) is 0 Å². The standard InChI is InChI=1S/C15H23N3O3/c1-3-4-7-18-15(20)13-11-12(6-9-16-13)14(19)17-8-5-10-21-2/h6,9,11H,3-5,7-8,10H2,1-2H3,(H,17,19)(H,18,20). The van der Waals surface area contributed by atoms with Gasteiger partial charge in [0.2, 0.25) is 0 Å². The van der Waals surface area contributed by atoms with Gasteiger partial charge in [0.05, 0.1) is 0 Å². The van der Waals surface area contributed by atoms with E-state index in [9.17, 15) is 9.59 Å². The molecule has 116 valence electrons. The van der Waals surface area contributed by atoms with Gasteiger partial charge in [0.15, 0.2) is 0 Å². The number of rotatable bonds is 9. The number of aromatic nitrogens is 1. The van der Waals surface area contributed by atoms with Crippen molar-refractivity contribution < 1.29 is 14.3 Å². The molecule has 1 heterocycles. The molecule has 1 aromatic heterocycles. The zero-order valence-electron chi connectivity index (χ0n) is 12.6. The molecular formula is C15H23N3O3. The summed E-state index contributed by atoms with van der Waals surface area (Å²) in [5, 5.41) is 5.55. The molecule has 1 rings (SSSR count). The van der Waals surface area contributed by atoms with Crippen molar-refractivity contribution in [2.45, 2.75) is 26.2 Å². The molecule has 0 saturated carbocycles. The first kappa shape index (κ1) is 17.1. The molecule has 21 heavy (non-hydrogen) atoms. The van der Waals surface area contributed by atoms with E-state index in [2.05, 4.69) is 22.5 Å². The largest absolute Gasteiger partial charge is 0.385 e. The molecule has 6 nitrogen and oxygen atoms in total. The molecule has 0 saturated heterocycles. The van der Waals surface area contributed by atoms with Crippen molar-refractivity contribution in [1.82, 2.24) is 15.6 Å². The van der Waals surface area contributed by atoms with Crippen LogP contribution < -0.4 is 10.6 Å². The van der Waals surface area contributed by atoms with Crippen LogP contribution in [0, 0.1) is 0 Å². The second-order valence-corrected chi connectivity index (χ2v) is 4.64. The van der Waals surface area contributed by atoms with E-state index in [4.69, 9.17) is 4.74 Å². The van der Waals surface area contributed by atoms with Crippen molar-refractivity contribution in [3.05, 3.63) is 29.6 Å². The average molecular weight is 293 g/mol. The molecule has 0 aliphatic heterocycles. The summed E-state index contributed by atoms with van der Waals surface area (Å²) in [6.45, 7) is 3.80. The normalized spacial score (nSPS) is 10.2. The summed E-state index contributed by atoms with van der Waals surface area (Å²) in [6.07, 6.45) is 4.15. The number of amides is 2. The van der Waals surface area contributed by atoms with E-state index in [1.54, 1.807) is 13.2 Å². The summed E-state index contributed by atoms with van der Waals surface area (Å²) < 4.78 is 4.91. The highest BCUT2D eigenvalue weighted by atomic mass is 16.5. The number of methoxy groups -OCH3 is 1. The number of carbonyl (C=O) groups is 2. The van der Waals surface area contributed by atoms with Crippen LogP contribution >= 0.6 is 0 Å². The third-order valence-corrected chi connectivity index (χ3v) is 2.88. The summed E-state index contributed by atoms with van der Waals surface area (Å²) >= 11 is 0. The topological polar surface area (TPSA) is 80.3 Å². The Morgan fingerprint density at radius 1 is 1.19 bits per heavy atom. The fourth-order valence-electron chi connectivity index (χ4n) is 1.69. The van der Waals surface area contributed by atoms with Gasteiger partial charge in [-0.3, -0.25) is 14.6 Å². The van der Waals surface area contributed by atoms with Crippen LogP contribution in [0.1, 0.15) is 47.0 Å². The molecule has 0 atom stereocenters. The van der Waals surface area contributed by atoms with Crippen molar-refractivity contribution >= 4 is 11.8 Å². The smallest absolute Gasteiger partial charge is 0.269 e. The van der Waals surface area contributed by atoms with Crippen LogP contribution in [0.3, 0.4) is 0 Å². The van der Waals surface area contributed by atoms with Crippen LogP contribution in [0.5, 0.6) is 0 Å². The Labute approximate surface area is 125 Å². The van der Waals surface area contributed by atoms with Crippen molar-refractivity contribution in [2.24, 2.45) is 0 Å². The van der Waals surface area contributed by atoms with E-state index in [1.807, 2.05) is 0 Å². The third-order valence-electron chi connectivity index (χ3n) is 2.88. The minimum absolute atomic E-state index is 0.212. The lowest BCUT2D eigenvalue weighted by Gasteiger charge is -2.07. The molecule has 0 unspecified atom stereocenters. The number of pyridine rings is 1. The highest BCUT2D eigenvalue weighted by Crippen LogP contribution is 2.02.